The number of nitrogens with zero attached hydrogens (tertiary/aromatic N) is 2. The second-order valence-corrected chi connectivity index (χ2v) is 6.44. The maximum atomic E-state index is 12.6. The summed E-state index contributed by atoms with van der Waals surface area (Å²) in [5.74, 6) is 0.210. The number of oxime groups is 1. The standard InChI is InChI=1S/C21H18N2O3/c1-13-12-18(17-11-7-6-10-16(13)17)22-26-21(24)19-14(2)25-23-20(19)15-8-4-3-5-9-15/h3-11,13H,12H2,1-2H3/b22-18-. The summed E-state index contributed by atoms with van der Waals surface area (Å²) in [5.41, 5.74) is 4.63. The second kappa shape index (κ2) is 6.59. The van der Waals surface area contributed by atoms with Crippen LogP contribution in [-0.4, -0.2) is 16.8 Å². The van der Waals surface area contributed by atoms with Gasteiger partial charge in [-0.1, -0.05) is 71.8 Å². The number of aryl methyl sites for hydroxylation is 1. The molecule has 5 heteroatoms. The molecule has 0 spiro atoms. The van der Waals surface area contributed by atoms with Gasteiger partial charge in [0.25, 0.3) is 0 Å². The van der Waals surface area contributed by atoms with Gasteiger partial charge in [-0.2, -0.15) is 0 Å². The lowest BCUT2D eigenvalue weighted by atomic mass is 10.0. The summed E-state index contributed by atoms with van der Waals surface area (Å²) in [6, 6.07) is 17.5. The van der Waals surface area contributed by atoms with Crippen molar-refractivity contribution < 1.29 is 14.2 Å². The smallest absolute Gasteiger partial charge is 0.360 e. The fourth-order valence-corrected chi connectivity index (χ4v) is 3.33. The zero-order chi connectivity index (χ0) is 18.1. The summed E-state index contributed by atoms with van der Waals surface area (Å²) in [5, 5.41) is 8.15. The summed E-state index contributed by atoms with van der Waals surface area (Å²) >= 11 is 0. The molecule has 0 amide bonds. The van der Waals surface area contributed by atoms with Crippen LogP contribution >= 0.6 is 0 Å². The average molecular weight is 346 g/mol. The Labute approximate surface area is 151 Å². The maximum Gasteiger partial charge on any atom is 0.371 e. The van der Waals surface area contributed by atoms with E-state index in [9.17, 15) is 4.79 Å². The molecule has 1 aliphatic rings. The molecular formula is C21H18N2O3. The minimum Gasteiger partial charge on any atom is -0.360 e. The first kappa shape index (κ1) is 16.3. The van der Waals surface area contributed by atoms with Gasteiger partial charge in [0.2, 0.25) is 0 Å². The fourth-order valence-electron chi connectivity index (χ4n) is 3.33. The van der Waals surface area contributed by atoms with Crippen LogP contribution in [0.15, 0.2) is 64.3 Å². The van der Waals surface area contributed by atoms with Gasteiger partial charge >= 0.3 is 5.97 Å². The first-order valence-corrected chi connectivity index (χ1v) is 8.54. The largest absolute Gasteiger partial charge is 0.371 e. The number of benzene rings is 2. The maximum absolute atomic E-state index is 12.6. The van der Waals surface area contributed by atoms with Crippen molar-refractivity contribution in [2.45, 2.75) is 26.2 Å². The van der Waals surface area contributed by atoms with Crippen LogP contribution in [-0.2, 0) is 4.84 Å². The highest BCUT2D eigenvalue weighted by Gasteiger charge is 2.27. The summed E-state index contributed by atoms with van der Waals surface area (Å²) in [7, 11) is 0. The van der Waals surface area contributed by atoms with Crippen LogP contribution in [0.5, 0.6) is 0 Å². The normalized spacial score (nSPS) is 17.3. The van der Waals surface area contributed by atoms with Gasteiger partial charge in [-0.25, -0.2) is 4.79 Å². The number of aromatic nitrogens is 1. The van der Waals surface area contributed by atoms with Gasteiger partial charge < -0.3 is 9.36 Å². The Morgan fingerprint density at radius 2 is 1.88 bits per heavy atom. The number of carbonyl (C=O) groups excluding carboxylic acids is 1. The van der Waals surface area contributed by atoms with Crippen molar-refractivity contribution in [1.29, 1.82) is 0 Å². The van der Waals surface area contributed by atoms with Gasteiger partial charge in [0.05, 0.1) is 5.71 Å². The molecule has 0 radical (unpaired) electrons. The minimum atomic E-state index is -0.563. The third kappa shape index (κ3) is 2.81. The lowest BCUT2D eigenvalue weighted by Gasteiger charge is -2.02. The molecule has 130 valence electrons. The molecule has 1 atom stereocenters. The quantitative estimate of drug-likeness (QED) is 0.508. The SMILES string of the molecule is Cc1onc(-c2ccccc2)c1C(=O)O/N=C1/CC(C)c2ccccc21. The van der Waals surface area contributed by atoms with Gasteiger partial charge in [-0.3, -0.25) is 0 Å². The van der Waals surface area contributed by atoms with Crippen LogP contribution in [0, 0.1) is 6.92 Å². The molecule has 1 aliphatic carbocycles. The average Bonchev–Trinajstić information content (AvgIpc) is 3.21. The number of fused-ring (bicyclic) bond motifs is 1. The Kier molecular flexibility index (Phi) is 4.13. The van der Waals surface area contributed by atoms with Crippen molar-refractivity contribution in [2.24, 2.45) is 5.16 Å². The molecule has 3 aromatic rings. The Balaban J connectivity index is 1.62. The van der Waals surface area contributed by atoms with Crippen LogP contribution in [0.4, 0.5) is 0 Å². The van der Waals surface area contributed by atoms with E-state index in [2.05, 4.69) is 23.3 Å². The van der Waals surface area contributed by atoms with E-state index in [1.165, 1.54) is 5.56 Å². The lowest BCUT2D eigenvalue weighted by molar-refractivity contribution is 0.0514. The van der Waals surface area contributed by atoms with Crippen molar-refractivity contribution >= 4 is 11.7 Å². The number of carbonyl (C=O) groups is 1. The van der Waals surface area contributed by atoms with Gasteiger partial charge in [-0.05, 0) is 18.4 Å². The first-order chi connectivity index (χ1) is 12.6. The van der Waals surface area contributed by atoms with E-state index in [0.717, 1.165) is 23.3 Å². The van der Waals surface area contributed by atoms with Crippen LogP contribution in [0.25, 0.3) is 11.3 Å². The van der Waals surface area contributed by atoms with Crippen molar-refractivity contribution in [3.8, 4) is 11.3 Å². The summed E-state index contributed by atoms with van der Waals surface area (Å²) < 4.78 is 5.22. The molecule has 0 N–H and O–H groups in total. The second-order valence-electron chi connectivity index (χ2n) is 6.44. The van der Waals surface area contributed by atoms with Crippen molar-refractivity contribution in [3.05, 3.63) is 77.0 Å². The van der Waals surface area contributed by atoms with Crippen LogP contribution in [0.1, 0.15) is 46.5 Å². The molecule has 4 rings (SSSR count). The molecule has 0 saturated carbocycles. The topological polar surface area (TPSA) is 64.7 Å². The van der Waals surface area contributed by atoms with E-state index in [0.29, 0.717) is 22.9 Å². The zero-order valence-corrected chi connectivity index (χ0v) is 14.6. The monoisotopic (exact) mass is 346 g/mol. The highest BCUT2D eigenvalue weighted by Crippen LogP contribution is 2.33. The predicted octanol–water partition coefficient (Wildman–Crippen LogP) is 4.72. The van der Waals surface area contributed by atoms with Gasteiger partial charge in [-0.15, -0.1) is 0 Å². The van der Waals surface area contributed by atoms with Crippen molar-refractivity contribution in [1.82, 2.24) is 5.16 Å². The van der Waals surface area contributed by atoms with E-state index >= 15 is 0 Å². The number of rotatable bonds is 3. The van der Waals surface area contributed by atoms with E-state index in [-0.39, 0.29) is 0 Å². The number of hydrogen-bond acceptors (Lipinski definition) is 5. The molecule has 0 aliphatic heterocycles. The Morgan fingerprint density at radius 1 is 1.15 bits per heavy atom. The molecule has 0 fully saturated rings. The molecule has 2 aromatic carbocycles. The first-order valence-electron chi connectivity index (χ1n) is 8.54. The van der Waals surface area contributed by atoms with E-state index in [1.54, 1.807) is 6.92 Å². The van der Waals surface area contributed by atoms with Gasteiger partial charge in [0.1, 0.15) is 17.0 Å². The highest BCUT2D eigenvalue weighted by molar-refractivity contribution is 6.05. The molecule has 26 heavy (non-hydrogen) atoms. The summed E-state index contributed by atoms with van der Waals surface area (Å²) in [6.07, 6.45) is 0.751. The molecule has 0 saturated heterocycles. The van der Waals surface area contributed by atoms with Crippen LogP contribution < -0.4 is 0 Å². The highest BCUT2D eigenvalue weighted by atomic mass is 16.7. The van der Waals surface area contributed by atoms with Crippen molar-refractivity contribution in [3.63, 3.8) is 0 Å². The van der Waals surface area contributed by atoms with Gasteiger partial charge in [0, 0.05) is 17.5 Å². The third-order valence-electron chi connectivity index (χ3n) is 4.65. The molecule has 0 bridgehead atoms. The van der Waals surface area contributed by atoms with Crippen molar-refractivity contribution in [2.75, 3.05) is 0 Å². The molecule has 1 heterocycles. The minimum absolute atomic E-state index is 0.305. The van der Waals surface area contributed by atoms with Gasteiger partial charge in [0.15, 0.2) is 0 Å². The Hall–Kier alpha value is -3.21. The Bertz CT molecular complexity index is 990. The summed E-state index contributed by atoms with van der Waals surface area (Å²) in [6.45, 7) is 3.83. The molecule has 1 unspecified atom stereocenters. The fraction of sp³-hybridized carbons (Fsp3) is 0.190. The Morgan fingerprint density at radius 3 is 2.69 bits per heavy atom. The van der Waals surface area contributed by atoms with E-state index < -0.39 is 5.97 Å². The van der Waals surface area contributed by atoms with E-state index in [1.807, 2.05) is 48.5 Å². The molecule has 5 nitrogen and oxygen atoms in total. The molecular weight excluding hydrogens is 328 g/mol. The third-order valence-corrected chi connectivity index (χ3v) is 4.65. The lowest BCUT2D eigenvalue weighted by Crippen LogP contribution is -2.06. The molecule has 1 aromatic heterocycles. The van der Waals surface area contributed by atoms with E-state index in [4.69, 9.17) is 9.36 Å². The van der Waals surface area contributed by atoms with Crippen LogP contribution in [0.3, 0.4) is 0 Å². The number of hydrogen-bond donors (Lipinski definition) is 0. The summed E-state index contributed by atoms with van der Waals surface area (Å²) in [4.78, 5) is 17.9. The zero-order valence-electron chi connectivity index (χ0n) is 14.6. The predicted molar refractivity (Wildman–Crippen MR) is 98.1 cm³/mol. The van der Waals surface area contributed by atoms with Crippen LogP contribution in [0.2, 0.25) is 0 Å².